The van der Waals surface area contributed by atoms with Gasteiger partial charge in [-0.1, -0.05) is 26.0 Å². The summed E-state index contributed by atoms with van der Waals surface area (Å²) < 4.78 is 0. The van der Waals surface area contributed by atoms with Crippen LogP contribution in [-0.2, 0) is 4.79 Å². The molecule has 0 saturated heterocycles. The molecule has 0 bridgehead atoms. The number of hydrogen-bond acceptors (Lipinski definition) is 3. The third-order valence-corrected chi connectivity index (χ3v) is 2.91. The van der Waals surface area contributed by atoms with Crippen LogP contribution < -0.4 is 10.6 Å². The average molecular weight is 292 g/mol. The predicted octanol–water partition coefficient (Wildman–Crippen LogP) is 2.17. The molecule has 0 aliphatic rings. The number of carbonyl (C=O) groups excluding carboxylic acids is 2. The zero-order valence-electron chi connectivity index (χ0n) is 12.8. The van der Waals surface area contributed by atoms with Crippen molar-refractivity contribution < 1.29 is 14.7 Å². The fraction of sp³-hybridized carbons (Fsp3) is 0.500. The largest absolute Gasteiger partial charge is 0.393 e. The van der Waals surface area contributed by atoms with Gasteiger partial charge in [0.05, 0.1) is 17.4 Å². The summed E-state index contributed by atoms with van der Waals surface area (Å²) in [5.74, 6) is -0.0446. The Labute approximate surface area is 125 Å². The van der Waals surface area contributed by atoms with E-state index in [-0.39, 0.29) is 18.2 Å². The first kappa shape index (κ1) is 17.2. The average Bonchev–Trinajstić information content (AvgIpc) is 2.43. The molecule has 1 aromatic carbocycles. The predicted molar refractivity (Wildman–Crippen MR) is 83.2 cm³/mol. The molecule has 5 nitrogen and oxygen atoms in total. The minimum atomic E-state index is -0.514. The fourth-order valence-electron chi connectivity index (χ4n) is 1.73. The lowest BCUT2D eigenvalue weighted by Crippen LogP contribution is -2.28. The van der Waals surface area contributed by atoms with Crippen LogP contribution >= 0.6 is 0 Å². The van der Waals surface area contributed by atoms with E-state index in [0.29, 0.717) is 30.1 Å². The van der Waals surface area contributed by atoms with Crippen molar-refractivity contribution in [2.24, 2.45) is 5.92 Å². The summed E-state index contributed by atoms with van der Waals surface area (Å²) in [7, 11) is 0. The highest BCUT2D eigenvalue weighted by atomic mass is 16.3. The van der Waals surface area contributed by atoms with E-state index in [4.69, 9.17) is 0 Å². The first-order valence-corrected chi connectivity index (χ1v) is 7.25. The van der Waals surface area contributed by atoms with Crippen LogP contribution in [0, 0.1) is 5.92 Å². The quantitative estimate of drug-likeness (QED) is 0.720. The molecule has 0 spiro atoms. The summed E-state index contributed by atoms with van der Waals surface area (Å²) in [4.78, 5) is 23.9. The third-order valence-electron chi connectivity index (χ3n) is 2.91. The Kier molecular flexibility index (Phi) is 6.88. The van der Waals surface area contributed by atoms with Crippen molar-refractivity contribution in [3.05, 3.63) is 29.8 Å². The van der Waals surface area contributed by atoms with Crippen molar-refractivity contribution in [2.75, 3.05) is 11.9 Å². The van der Waals surface area contributed by atoms with Gasteiger partial charge in [-0.05, 0) is 31.4 Å². The second-order valence-corrected chi connectivity index (χ2v) is 5.59. The van der Waals surface area contributed by atoms with Crippen LogP contribution in [-0.4, -0.2) is 29.6 Å². The topological polar surface area (TPSA) is 78.4 Å². The van der Waals surface area contributed by atoms with E-state index in [1.54, 1.807) is 31.2 Å². The molecule has 0 aromatic heterocycles. The maximum absolute atomic E-state index is 12.1. The number of benzene rings is 1. The second kappa shape index (κ2) is 8.42. The number of anilines is 1. The van der Waals surface area contributed by atoms with Gasteiger partial charge in [0.25, 0.3) is 5.91 Å². The van der Waals surface area contributed by atoms with Gasteiger partial charge in [0.15, 0.2) is 0 Å². The second-order valence-electron chi connectivity index (χ2n) is 5.59. The van der Waals surface area contributed by atoms with Crippen LogP contribution in [0.3, 0.4) is 0 Å². The lowest BCUT2D eigenvalue weighted by atomic mass is 10.1. The molecular weight excluding hydrogens is 268 g/mol. The van der Waals surface area contributed by atoms with Crippen molar-refractivity contribution in [3.63, 3.8) is 0 Å². The smallest absolute Gasteiger partial charge is 0.253 e. The molecule has 1 rings (SSSR count). The maximum Gasteiger partial charge on any atom is 0.253 e. The number of para-hydroxylation sites is 1. The molecule has 0 heterocycles. The van der Waals surface area contributed by atoms with E-state index in [1.807, 2.05) is 13.8 Å². The molecule has 0 saturated carbocycles. The standard InChI is InChI=1S/C16H24N2O3/c1-11(2)10-17-16(21)13-6-4-5-7-14(13)18-15(20)9-8-12(3)19/h4-7,11-12,19H,8-10H2,1-3H3,(H,17,21)(H,18,20). The third kappa shape index (κ3) is 6.40. The van der Waals surface area contributed by atoms with E-state index >= 15 is 0 Å². The Bertz CT molecular complexity index is 484. The van der Waals surface area contributed by atoms with Crippen LogP contribution in [0.25, 0.3) is 0 Å². The lowest BCUT2D eigenvalue weighted by molar-refractivity contribution is -0.116. The summed E-state index contributed by atoms with van der Waals surface area (Å²) in [6.07, 6.45) is 0.105. The van der Waals surface area contributed by atoms with Gasteiger partial charge < -0.3 is 15.7 Å². The molecule has 3 N–H and O–H groups in total. The number of aliphatic hydroxyl groups is 1. The molecule has 2 amide bonds. The van der Waals surface area contributed by atoms with Crippen LogP contribution in [0.15, 0.2) is 24.3 Å². The van der Waals surface area contributed by atoms with Crippen molar-refractivity contribution in [3.8, 4) is 0 Å². The molecule has 0 fully saturated rings. The van der Waals surface area contributed by atoms with Gasteiger partial charge in [-0.15, -0.1) is 0 Å². The van der Waals surface area contributed by atoms with E-state index in [2.05, 4.69) is 10.6 Å². The van der Waals surface area contributed by atoms with Gasteiger partial charge in [-0.2, -0.15) is 0 Å². The zero-order chi connectivity index (χ0) is 15.8. The minimum absolute atomic E-state index is 0.199. The van der Waals surface area contributed by atoms with Crippen molar-refractivity contribution in [1.82, 2.24) is 5.32 Å². The summed E-state index contributed by atoms with van der Waals surface area (Å²) in [5, 5.41) is 14.7. The molecule has 1 unspecified atom stereocenters. The van der Waals surface area contributed by atoms with Gasteiger partial charge in [-0.25, -0.2) is 0 Å². The van der Waals surface area contributed by atoms with Crippen LogP contribution in [0.5, 0.6) is 0 Å². The maximum atomic E-state index is 12.1. The van der Waals surface area contributed by atoms with Crippen LogP contribution in [0.4, 0.5) is 5.69 Å². The number of carbonyl (C=O) groups is 2. The number of hydrogen-bond donors (Lipinski definition) is 3. The molecule has 21 heavy (non-hydrogen) atoms. The van der Waals surface area contributed by atoms with E-state index in [9.17, 15) is 14.7 Å². The molecule has 1 atom stereocenters. The Balaban J connectivity index is 2.70. The number of aliphatic hydroxyl groups excluding tert-OH is 1. The molecule has 0 aliphatic carbocycles. The monoisotopic (exact) mass is 292 g/mol. The minimum Gasteiger partial charge on any atom is -0.393 e. The Hall–Kier alpha value is -1.88. The first-order valence-electron chi connectivity index (χ1n) is 7.25. The van der Waals surface area contributed by atoms with Gasteiger partial charge in [0, 0.05) is 13.0 Å². The molecule has 5 heteroatoms. The van der Waals surface area contributed by atoms with Gasteiger partial charge in [0.2, 0.25) is 5.91 Å². The number of rotatable bonds is 7. The van der Waals surface area contributed by atoms with Gasteiger partial charge in [0.1, 0.15) is 0 Å². The van der Waals surface area contributed by atoms with Crippen molar-refractivity contribution in [2.45, 2.75) is 39.7 Å². The molecular formula is C16H24N2O3. The van der Waals surface area contributed by atoms with Crippen molar-refractivity contribution in [1.29, 1.82) is 0 Å². The Morgan fingerprint density at radius 3 is 2.48 bits per heavy atom. The SMILES string of the molecule is CC(C)CNC(=O)c1ccccc1NC(=O)CCC(C)O. The normalized spacial score (nSPS) is 12.0. The lowest BCUT2D eigenvalue weighted by Gasteiger charge is -2.12. The fourth-order valence-corrected chi connectivity index (χ4v) is 1.73. The number of nitrogens with one attached hydrogen (secondary N) is 2. The molecule has 1 aromatic rings. The highest BCUT2D eigenvalue weighted by Gasteiger charge is 2.13. The summed E-state index contributed by atoms with van der Waals surface area (Å²) in [5.41, 5.74) is 0.942. The van der Waals surface area contributed by atoms with E-state index < -0.39 is 6.10 Å². The summed E-state index contributed by atoms with van der Waals surface area (Å²) in [6.45, 7) is 6.26. The van der Waals surface area contributed by atoms with E-state index in [0.717, 1.165) is 0 Å². The zero-order valence-corrected chi connectivity index (χ0v) is 12.8. The Morgan fingerprint density at radius 2 is 1.86 bits per heavy atom. The Morgan fingerprint density at radius 1 is 1.19 bits per heavy atom. The van der Waals surface area contributed by atoms with Crippen LogP contribution in [0.2, 0.25) is 0 Å². The summed E-state index contributed by atoms with van der Waals surface area (Å²) in [6, 6.07) is 6.91. The van der Waals surface area contributed by atoms with Crippen LogP contribution in [0.1, 0.15) is 44.0 Å². The number of amides is 2. The summed E-state index contributed by atoms with van der Waals surface area (Å²) >= 11 is 0. The van der Waals surface area contributed by atoms with Gasteiger partial charge >= 0.3 is 0 Å². The highest BCUT2D eigenvalue weighted by Crippen LogP contribution is 2.15. The first-order chi connectivity index (χ1) is 9.90. The molecule has 0 aliphatic heterocycles. The van der Waals surface area contributed by atoms with Gasteiger partial charge in [-0.3, -0.25) is 9.59 Å². The molecule has 116 valence electrons. The molecule has 0 radical (unpaired) electrons. The highest BCUT2D eigenvalue weighted by molar-refractivity contribution is 6.03. The van der Waals surface area contributed by atoms with E-state index in [1.165, 1.54) is 0 Å². The van der Waals surface area contributed by atoms with Crippen molar-refractivity contribution >= 4 is 17.5 Å².